The number of carboxylic acids is 1. The number of aliphatic carboxylic acids is 1. The van der Waals surface area contributed by atoms with Crippen molar-refractivity contribution in [3.63, 3.8) is 0 Å². The molecule has 1 heterocycles. The number of benzene rings is 2. The normalized spacial score (nSPS) is 11.2. The summed E-state index contributed by atoms with van der Waals surface area (Å²) in [7, 11) is 0. The highest BCUT2D eigenvalue weighted by Crippen LogP contribution is 2.34. The maximum atomic E-state index is 13.1. The first-order valence-electron chi connectivity index (χ1n) is 10.2. The SMILES string of the molecule is CC(C)(C)C(=O)On1c(O)c(C(=O)c2ccccc2)c2ccc(NC(=O)CCC(=O)O)cc21. The molecule has 3 N–H and O–H groups in total. The molecule has 0 aliphatic carbocycles. The van der Waals surface area contributed by atoms with Crippen LogP contribution < -0.4 is 10.2 Å². The number of carbonyl (C=O) groups is 4. The first-order chi connectivity index (χ1) is 15.5. The summed E-state index contributed by atoms with van der Waals surface area (Å²) in [6.45, 7) is 4.92. The molecule has 0 aliphatic heterocycles. The van der Waals surface area contributed by atoms with E-state index in [4.69, 9.17) is 9.94 Å². The molecule has 0 spiro atoms. The highest BCUT2D eigenvalue weighted by Gasteiger charge is 2.30. The molecule has 3 aromatic rings. The number of carbonyl (C=O) groups excluding carboxylic acids is 3. The van der Waals surface area contributed by atoms with Crippen LogP contribution in [0.4, 0.5) is 5.69 Å². The van der Waals surface area contributed by atoms with E-state index < -0.39 is 34.9 Å². The number of anilines is 1. The van der Waals surface area contributed by atoms with E-state index in [9.17, 15) is 24.3 Å². The number of aromatic nitrogens is 1. The van der Waals surface area contributed by atoms with Gasteiger partial charge in [0.05, 0.1) is 22.9 Å². The number of hydrogen-bond donors (Lipinski definition) is 3. The monoisotopic (exact) mass is 452 g/mol. The molecule has 2 aromatic carbocycles. The number of aromatic hydroxyl groups is 1. The third kappa shape index (κ3) is 5.20. The lowest BCUT2D eigenvalue weighted by Gasteiger charge is -2.17. The Balaban J connectivity index is 2.09. The molecule has 0 aliphatic rings. The van der Waals surface area contributed by atoms with Gasteiger partial charge in [0.25, 0.3) is 0 Å². The van der Waals surface area contributed by atoms with Gasteiger partial charge >= 0.3 is 11.9 Å². The lowest BCUT2D eigenvalue weighted by atomic mass is 9.98. The largest absolute Gasteiger partial charge is 0.492 e. The Bertz CT molecular complexity index is 1240. The van der Waals surface area contributed by atoms with Gasteiger partial charge in [-0.1, -0.05) is 30.3 Å². The predicted octanol–water partition coefficient (Wildman–Crippen LogP) is 3.38. The van der Waals surface area contributed by atoms with Gasteiger partial charge in [0.1, 0.15) is 0 Å². The molecule has 3 rings (SSSR count). The number of ketones is 1. The third-order valence-electron chi connectivity index (χ3n) is 4.80. The lowest BCUT2D eigenvalue weighted by Crippen LogP contribution is -2.31. The van der Waals surface area contributed by atoms with E-state index in [1.54, 1.807) is 51.1 Å². The van der Waals surface area contributed by atoms with Gasteiger partial charge in [-0.3, -0.25) is 14.4 Å². The molecule has 0 saturated heterocycles. The molecule has 0 saturated carbocycles. The van der Waals surface area contributed by atoms with Crippen molar-refractivity contribution in [2.75, 3.05) is 5.32 Å². The Labute approximate surface area is 189 Å². The quantitative estimate of drug-likeness (QED) is 0.468. The standard InChI is InChI=1S/C24H24N2O7/c1-24(2,3)23(32)33-26-17-13-15(25-18(27)11-12-19(28)29)9-10-16(17)20(22(26)31)21(30)14-7-5-4-6-8-14/h4-10,13,31H,11-12H2,1-3H3,(H,25,27)(H,28,29). The first-order valence-corrected chi connectivity index (χ1v) is 10.2. The minimum Gasteiger partial charge on any atom is -0.492 e. The minimum absolute atomic E-state index is 0.0540. The van der Waals surface area contributed by atoms with Crippen molar-refractivity contribution < 1.29 is 34.2 Å². The summed E-state index contributed by atoms with van der Waals surface area (Å²) in [6, 6.07) is 12.8. The Morgan fingerprint density at radius 3 is 2.27 bits per heavy atom. The van der Waals surface area contributed by atoms with Crippen molar-refractivity contribution in [3.8, 4) is 5.88 Å². The van der Waals surface area contributed by atoms with E-state index in [1.807, 2.05) is 0 Å². The maximum absolute atomic E-state index is 13.1. The summed E-state index contributed by atoms with van der Waals surface area (Å²) in [5.74, 6) is -3.29. The van der Waals surface area contributed by atoms with Gasteiger partial charge in [-0.15, -0.1) is 4.73 Å². The second-order valence-electron chi connectivity index (χ2n) is 8.49. The number of hydrogen-bond acceptors (Lipinski definition) is 6. The average Bonchev–Trinajstić information content (AvgIpc) is 3.02. The molecule has 172 valence electrons. The molecule has 9 heteroatoms. The zero-order chi connectivity index (χ0) is 24.3. The fourth-order valence-corrected chi connectivity index (χ4v) is 3.04. The zero-order valence-corrected chi connectivity index (χ0v) is 18.4. The minimum atomic E-state index is -1.10. The zero-order valence-electron chi connectivity index (χ0n) is 18.4. The van der Waals surface area contributed by atoms with Crippen LogP contribution in [0.25, 0.3) is 10.9 Å². The van der Waals surface area contributed by atoms with Crippen LogP contribution in [0.1, 0.15) is 49.5 Å². The molecular weight excluding hydrogens is 428 g/mol. The van der Waals surface area contributed by atoms with E-state index in [-0.39, 0.29) is 29.6 Å². The summed E-state index contributed by atoms with van der Waals surface area (Å²) in [6.07, 6.45) is -0.555. The van der Waals surface area contributed by atoms with Gasteiger partial charge in [0.15, 0.2) is 5.78 Å². The van der Waals surface area contributed by atoms with Crippen molar-refractivity contribution in [1.29, 1.82) is 0 Å². The topological polar surface area (TPSA) is 135 Å². The van der Waals surface area contributed by atoms with Crippen LogP contribution in [0.15, 0.2) is 48.5 Å². The lowest BCUT2D eigenvalue weighted by molar-refractivity contribution is -0.153. The van der Waals surface area contributed by atoms with Gasteiger partial charge < -0.3 is 20.4 Å². The van der Waals surface area contributed by atoms with Crippen LogP contribution in [0.3, 0.4) is 0 Å². The second-order valence-corrected chi connectivity index (χ2v) is 8.49. The Morgan fingerprint density at radius 2 is 1.67 bits per heavy atom. The third-order valence-corrected chi connectivity index (χ3v) is 4.80. The van der Waals surface area contributed by atoms with Crippen LogP contribution in [0, 0.1) is 5.41 Å². The van der Waals surface area contributed by atoms with Crippen molar-refractivity contribution in [3.05, 3.63) is 59.7 Å². The molecule has 0 atom stereocenters. The van der Waals surface area contributed by atoms with Gasteiger partial charge in [-0.05, 0) is 39.0 Å². The maximum Gasteiger partial charge on any atom is 0.338 e. The number of amides is 1. The molecule has 1 amide bonds. The van der Waals surface area contributed by atoms with Crippen LogP contribution in [-0.4, -0.2) is 38.6 Å². The van der Waals surface area contributed by atoms with E-state index in [2.05, 4.69) is 5.32 Å². The Hall–Kier alpha value is -4.14. The first kappa shape index (κ1) is 23.5. The van der Waals surface area contributed by atoms with Crippen LogP contribution in [-0.2, 0) is 14.4 Å². The van der Waals surface area contributed by atoms with Crippen LogP contribution in [0.2, 0.25) is 0 Å². The van der Waals surface area contributed by atoms with Gasteiger partial charge in [-0.2, -0.15) is 0 Å². The van der Waals surface area contributed by atoms with Crippen molar-refractivity contribution in [1.82, 2.24) is 4.73 Å². The number of nitrogens with zero attached hydrogens (tertiary/aromatic N) is 1. The molecule has 0 fully saturated rings. The van der Waals surface area contributed by atoms with Crippen molar-refractivity contribution in [2.45, 2.75) is 33.6 Å². The highest BCUT2D eigenvalue weighted by atomic mass is 16.7. The van der Waals surface area contributed by atoms with Crippen molar-refractivity contribution in [2.24, 2.45) is 5.41 Å². The molecule has 9 nitrogen and oxygen atoms in total. The number of carboxylic acid groups (broad SMARTS) is 1. The fraction of sp³-hybridized carbons (Fsp3) is 0.250. The molecule has 1 aromatic heterocycles. The smallest absolute Gasteiger partial charge is 0.338 e. The predicted molar refractivity (Wildman–Crippen MR) is 120 cm³/mol. The Kier molecular flexibility index (Phi) is 6.52. The molecular formula is C24H24N2O7. The van der Waals surface area contributed by atoms with E-state index in [0.717, 1.165) is 4.73 Å². The second kappa shape index (κ2) is 9.15. The summed E-state index contributed by atoms with van der Waals surface area (Å²) < 4.78 is 0.867. The van der Waals surface area contributed by atoms with Gasteiger partial charge in [-0.25, -0.2) is 4.79 Å². The van der Waals surface area contributed by atoms with Crippen LogP contribution >= 0.6 is 0 Å². The highest BCUT2D eigenvalue weighted by molar-refractivity contribution is 6.18. The summed E-state index contributed by atoms with van der Waals surface area (Å²) >= 11 is 0. The number of rotatable bonds is 7. The number of nitrogens with one attached hydrogen (secondary N) is 1. The van der Waals surface area contributed by atoms with E-state index in [0.29, 0.717) is 10.9 Å². The molecule has 0 bridgehead atoms. The summed E-state index contributed by atoms with van der Waals surface area (Å²) in [5.41, 5.74) is -0.153. The van der Waals surface area contributed by atoms with Crippen molar-refractivity contribution >= 4 is 40.2 Å². The average molecular weight is 452 g/mol. The molecule has 33 heavy (non-hydrogen) atoms. The van der Waals surface area contributed by atoms with E-state index in [1.165, 1.54) is 18.2 Å². The van der Waals surface area contributed by atoms with Gasteiger partial charge in [0, 0.05) is 23.1 Å². The fourth-order valence-electron chi connectivity index (χ4n) is 3.04. The summed E-state index contributed by atoms with van der Waals surface area (Å²) in [4.78, 5) is 53.8. The Morgan fingerprint density at radius 1 is 1.00 bits per heavy atom. The number of fused-ring (bicyclic) bond motifs is 1. The molecule has 0 radical (unpaired) electrons. The van der Waals surface area contributed by atoms with Crippen LogP contribution in [0.5, 0.6) is 5.88 Å². The summed E-state index contributed by atoms with van der Waals surface area (Å²) in [5, 5.41) is 22.5. The van der Waals surface area contributed by atoms with E-state index >= 15 is 0 Å². The van der Waals surface area contributed by atoms with Gasteiger partial charge in [0.2, 0.25) is 11.8 Å². The molecule has 0 unspecified atom stereocenters.